The van der Waals surface area contributed by atoms with Crippen LogP contribution < -0.4 is 11.1 Å². The topological polar surface area (TPSA) is 109 Å². The molecular weight excluding hydrogens is 272 g/mol. The molecule has 1 rings (SSSR count). The number of nitrogens with one attached hydrogen (secondary N) is 1. The molecule has 0 radical (unpaired) electrons. The lowest BCUT2D eigenvalue weighted by atomic mass is 10.2. The van der Waals surface area contributed by atoms with E-state index in [1.807, 2.05) is 0 Å². The Bertz CT molecular complexity index is 419. The minimum Gasteiger partial charge on any atom is -0.396 e. The number of nitrogens with zero attached hydrogens (tertiary/aromatic N) is 4. The molecule has 0 saturated carbocycles. The van der Waals surface area contributed by atoms with Crippen molar-refractivity contribution in [3.8, 4) is 0 Å². The number of rotatable bonds is 11. The summed E-state index contributed by atoms with van der Waals surface area (Å²) in [6.07, 6.45) is 2.29. The highest BCUT2D eigenvalue weighted by atomic mass is 16.3. The van der Waals surface area contributed by atoms with Crippen molar-refractivity contribution in [2.75, 3.05) is 32.8 Å². The number of primary amides is 1. The predicted octanol–water partition coefficient (Wildman–Crippen LogP) is -0.882. The Morgan fingerprint density at radius 1 is 1.52 bits per heavy atom. The maximum absolute atomic E-state index is 11.6. The average molecular weight is 298 g/mol. The number of aromatic nitrogens is 3. The van der Waals surface area contributed by atoms with Gasteiger partial charge in [-0.15, -0.1) is 5.10 Å². The second kappa shape index (κ2) is 9.43. The minimum absolute atomic E-state index is 0.0938. The number of amides is 1. The molecule has 0 aliphatic heterocycles. The van der Waals surface area contributed by atoms with E-state index in [4.69, 9.17) is 10.8 Å². The van der Waals surface area contributed by atoms with Crippen molar-refractivity contribution >= 4 is 5.91 Å². The molecule has 1 amide bonds. The van der Waals surface area contributed by atoms with E-state index in [9.17, 15) is 4.79 Å². The molecule has 0 aliphatic carbocycles. The van der Waals surface area contributed by atoms with E-state index in [0.717, 1.165) is 19.6 Å². The van der Waals surface area contributed by atoms with Gasteiger partial charge in [0.15, 0.2) is 0 Å². The SMILES string of the molecule is CCN(CC)CCNC(C(N)=O)c1cn(CCCO)nn1. The Kier molecular flexibility index (Phi) is 7.88. The maximum Gasteiger partial charge on any atom is 0.240 e. The summed E-state index contributed by atoms with van der Waals surface area (Å²) in [5, 5.41) is 19.8. The van der Waals surface area contributed by atoms with Crippen LogP contribution in [0.15, 0.2) is 6.20 Å². The van der Waals surface area contributed by atoms with Gasteiger partial charge in [-0.3, -0.25) is 14.8 Å². The first-order chi connectivity index (χ1) is 10.1. The van der Waals surface area contributed by atoms with Gasteiger partial charge >= 0.3 is 0 Å². The molecule has 120 valence electrons. The molecule has 1 atom stereocenters. The lowest BCUT2D eigenvalue weighted by Gasteiger charge is -2.20. The van der Waals surface area contributed by atoms with Gasteiger partial charge in [0.25, 0.3) is 0 Å². The molecule has 21 heavy (non-hydrogen) atoms. The second-order valence-corrected chi connectivity index (χ2v) is 4.80. The first-order valence-electron chi connectivity index (χ1n) is 7.38. The van der Waals surface area contributed by atoms with Crippen LogP contribution in [0.4, 0.5) is 0 Å². The smallest absolute Gasteiger partial charge is 0.240 e. The lowest BCUT2D eigenvalue weighted by molar-refractivity contribution is -0.120. The summed E-state index contributed by atoms with van der Waals surface area (Å²) >= 11 is 0. The molecular formula is C13H26N6O2. The van der Waals surface area contributed by atoms with Gasteiger partial charge in [-0.25, -0.2) is 0 Å². The number of nitrogens with two attached hydrogens (primary N) is 1. The zero-order chi connectivity index (χ0) is 15.7. The summed E-state index contributed by atoms with van der Waals surface area (Å²) < 4.78 is 1.60. The molecule has 0 aliphatic rings. The van der Waals surface area contributed by atoms with Gasteiger partial charge in [-0.2, -0.15) is 0 Å². The molecule has 0 bridgehead atoms. The van der Waals surface area contributed by atoms with E-state index in [1.165, 1.54) is 0 Å². The maximum atomic E-state index is 11.6. The van der Waals surface area contributed by atoms with Crippen molar-refractivity contribution in [2.45, 2.75) is 32.9 Å². The van der Waals surface area contributed by atoms with Crippen molar-refractivity contribution in [1.29, 1.82) is 0 Å². The first kappa shape index (κ1) is 17.5. The molecule has 1 unspecified atom stereocenters. The number of likely N-dealkylation sites (N-methyl/N-ethyl adjacent to an activating group) is 1. The van der Waals surface area contributed by atoms with Crippen LogP contribution in [-0.2, 0) is 11.3 Å². The standard InChI is InChI=1S/C13H26N6O2/c1-3-18(4-2)8-6-15-12(13(14)21)11-10-19(17-16-11)7-5-9-20/h10,12,15,20H,3-9H2,1-2H3,(H2,14,21). The highest BCUT2D eigenvalue weighted by Gasteiger charge is 2.20. The van der Waals surface area contributed by atoms with Crippen LogP contribution in [0, 0.1) is 0 Å². The van der Waals surface area contributed by atoms with Crippen LogP contribution in [0.5, 0.6) is 0 Å². The fraction of sp³-hybridized carbons (Fsp3) is 0.769. The minimum atomic E-state index is -0.636. The van der Waals surface area contributed by atoms with Crippen LogP contribution in [0.1, 0.15) is 32.0 Å². The lowest BCUT2D eigenvalue weighted by Crippen LogP contribution is -2.39. The van der Waals surface area contributed by atoms with Crippen LogP contribution in [0.2, 0.25) is 0 Å². The molecule has 1 aromatic rings. The van der Waals surface area contributed by atoms with Crippen LogP contribution in [0.3, 0.4) is 0 Å². The third-order valence-corrected chi connectivity index (χ3v) is 3.35. The van der Waals surface area contributed by atoms with E-state index in [0.29, 0.717) is 25.2 Å². The van der Waals surface area contributed by atoms with Gasteiger partial charge in [-0.1, -0.05) is 19.1 Å². The second-order valence-electron chi connectivity index (χ2n) is 4.80. The monoisotopic (exact) mass is 298 g/mol. The van der Waals surface area contributed by atoms with Crippen molar-refractivity contribution in [1.82, 2.24) is 25.2 Å². The zero-order valence-corrected chi connectivity index (χ0v) is 12.8. The Morgan fingerprint density at radius 2 is 2.24 bits per heavy atom. The van der Waals surface area contributed by atoms with Crippen LogP contribution in [-0.4, -0.2) is 63.7 Å². The Hall–Kier alpha value is -1.51. The van der Waals surface area contributed by atoms with Gasteiger partial charge in [0.2, 0.25) is 5.91 Å². The van der Waals surface area contributed by atoms with Gasteiger partial charge in [0.1, 0.15) is 11.7 Å². The van der Waals surface area contributed by atoms with E-state index in [-0.39, 0.29) is 6.61 Å². The van der Waals surface area contributed by atoms with Crippen LogP contribution in [0.25, 0.3) is 0 Å². The molecule has 1 aromatic heterocycles. The number of aliphatic hydroxyl groups is 1. The van der Waals surface area contributed by atoms with Crippen molar-refractivity contribution in [2.24, 2.45) is 5.73 Å². The van der Waals surface area contributed by atoms with E-state index >= 15 is 0 Å². The Labute approximate surface area is 125 Å². The fourth-order valence-corrected chi connectivity index (χ4v) is 2.05. The van der Waals surface area contributed by atoms with Crippen molar-refractivity contribution < 1.29 is 9.90 Å². The number of hydrogen-bond acceptors (Lipinski definition) is 6. The zero-order valence-electron chi connectivity index (χ0n) is 12.8. The predicted molar refractivity (Wildman–Crippen MR) is 79.5 cm³/mol. The summed E-state index contributed by atoms with van der Waals surface area (Å²) in [7, 11) is 0. The largest absolute Gasteiger partial charge is 0.396 e. The van der Waals surface area contributed by atoms with Gasteiger partial charge < -0.3 is 15.7 Å². The fourth-order valence-electron chi connectivity index (χ4n) is 2.05. The quantitative estimate of drug-likeness (QED) is 0.489. The van der Waals surface area contributed by atoms with Gasteiger partial charge in [-0.05, 0) is 19.5 Å². The molecule has 0 aromatic carbocycles. The third-order valence-electron chi connectivity index (χ3n) is 3.35. The highest BCUT2D eigenvalue weighted by Crippen LogP contribution is 2.08. The molecule has 8 heteroatoms. The van der Waals surface area contributed by atoms with Gasteiger partial charge in [0.05, 0.1) is 6.20 Å². The van der Waals surface area contributed by atoms with E-state index in [1.54, 1.807) is 10.9 Å². The summed E-state index contributed by atoms with van der Waals surface area (Å²) in [5.41, 5.74) is 5.94. The number of aliphatic hydroxyl groups excluding tert-OH is 1. The molecule has 0 saturated heterocycles. The summed E-state index contributed by atoms with van der Waals surface area (Å²) in [5.74, 6) is -0.469. The third kappa shape index (κ3) is 5.78. The number of carbonyl (C=O) groups is 1. The van der Waals surface area contributed by atoms with Crippen LogP contribution >= 0.6 is 0 Å². The summed E-state index contributed by atoms with van der Waals surface area (Å²) in [6.45, 7) is 8.29. The molecule has 0 spiro atoms. The molecule has 8 nitrogen and oxygen atoms in total. The molecule has 4 N–H and O–H groups in total. The number of hydrogen-bond donors (Lipinski definition) is 3. The number of carbonyl (C=O) groups excluding carboxylic acids is 1. The van der Waals surface area contributed by atoms with Gasteiger partial charge in [0, 0.05) is 26.2 Å². The Balaban J connectivity index is 2.56. The average Bonchev–Trinajstić information content (AvgIpc) is 2.93. The van der Waals surface area contributed by atoms with E-state index < -0.39 is 11.9 Å². The summed E-state index contributed by atoms with van der Waals surface area (Å²) in [4.78, 5) is 13.8. The molecule has 1 heterocycles. The van der Waals surface area contributed by atoms with E-state index in [2.05, 4.69) is 34.4 Å². The number of aryl methyl sites for hydroxylation is 1. The normalized spacial score (nSPS) is 12.8. The highest BCUT2D eigenvalue weighted by molar-refractivity contribution is 5.80. The first-order valence-corrected chi connectivity index (χ1v) is 7.38. The van der Waals surface area contributed by atoms with Crippen molar-refractivity contribution in [3.05, 3.63) is 11.9 Å². The summed E-state index contributed by atoms with van der Waals surface area (Å²) in [6, 6.07) is -0.636. The van der Waals surface area contributed by atoms with Crippen molar-refractivity contribution in [3.63, 3.8) is 0 Å². The Morgan fingerprint density at radius 3 is 2.81 bits per heavy atom. The molecule has 0 fully saturated rings.